The van der Waals surface area contributed by atoms with Crippen LogP contribution >= 0.6 is 0 Å². The van der Waals surface area contributed by atoms with E-state index in [1.165, 1.54) is 4.90 Å². The average Bonchev–Trinajstić information content (AvgIpc) is 2.47. The van der Waals surface area contributed by atoms with Gasteiger partial charge in [-0.25, -0.2) is 9.59 Å². The van der Waals surface area contributed by atoms with Crippen LogP contribution in [-0.2, 0) is 9.53 Å². The molecule has 0 N–H and O–H groups in total. The van der Waals surface area contributed by atoms with Crippen LogP contribution in [0.4, 0.5) is 10.5 Å². The lowest BCUT2D eigenvalue weighted by atomic mass is 10.0. The number of hydrogen-bond acceptors (Lipinski definition) is 5. The van der Waals surface area contributed by atoms with Gasteiger partial charge in [0.2, 0.25) is 0 Å². The summed E-state index contributed by atoms with van der Waals surface area (Å²) in [5.41, 5.74) is 2.40. The molecule has 0 radical (unpaired) electrons. The van der Waals surface area contributed by atoms with E-state index in [1.807, 2.05) is 24.1 Å². The molecule has 6 nitrogen and oxygen atoms in total. The SMILES string of the molecule is CCOC(=O)C1=Cc2ccc(OC(=O)N(C)C)cc2N(C)C1. The minimum atomic E-state index is -0.429. The van der Waals surface area contributed by atoms with Crippen LogP contribution in [0.3, 0.4) is 0 Å². The molecule has 6 heteroatoms. The molecule has 22 heavy (non-hydrogen) atoms. The molecule has 0 aromatic heterocycles. The summed E-state index contributed by atoms with van der Waals surface area (Å²) in [4.78, 5) is 26.7. The summed E-state index contributed by atoms with van der Waals surface area (Å²) in [6.45, 7) is 2.59. The van der Waals surface area contributed by atoms with Gasteiger partial charge in [-0.05, 0) is 30.7 Å². The first-order chi connectivity index (χ1) is 10.4. The molecule has 0 aliphatic carbocycles. The van der Waals surface area contributed by atoms with Crippen LogP contribution in [0.2, 0.25) is 0 Å². The quantitative estimate of drug-likeness (QED) is 0.801. The summed E-state index contributed by atoms with van der Waals surface area (Å²) in [5.74, 6) is 0.167. The minimum Gasteiger partial charge on any atom is -0.463 e. The van der Waals surface area contributed by atoms with E-state index in [-0.39, 0.29) is 5.97 Å². The van der Waals surface area contributed by atoms with E-state index in [1.54, 1.807) is 33.2 Å². The third kappa shape index (κ3) is 3.39. The first kappa shape index (κ1) is 15.9. The number of benzene rings is 1. The first-order valence-electron chi connectivity index (χ1n) is 7.04. The second-order valence-electron chi connectivity index (χ2n) is 5.23. The second-order valence-corrected chi connectivity index (χ2v) is 5.23. The average molecular weight is 304 g/mol. The number of likely N-dealkylation sites (N-methyl/N-ethyl adjacent to an activating group) is 1. The van der Waals surface area contributed by atoms with E-state index < -0.39 is 6.09 Å². The molecule has 118 valence electrons. The Bertz CT molecular complexity index is 623. The van der Waals surface area contributed by atoms with Crippen LogP contribution in [-0.4, -0.2) is 51.3 Å². The lowest BCUT2D eigenvalue weighted by Gasteiger charge is -2.27. The third-order valence-electron chi connectivity index (χ3n) is 3.26. The Morgan fingerprint density at radius 2 is 2.05 bits per heavy atom. The highest BCUT2D eigenvalue weighted by Crippen LogP contribution is 2.31. The molecular weight excluding hydrogens is 284 g/mol. The molecule has 0 spiro atoms. The van der Waals surface area contributed by atoms with E-state index in [9.17, 15) is 9.59 Å². The van der Waals surface area contributed by atoms with Crippen molar-refractivity contribution in [3.63, 3.8) is 0 Å². The van der Waals surface area contributed by atoms with Gasteiger partial charge in [0.1, 0.15) is 5.75 Å². The predicted molar refractivity (Wildman–Crippen MR) is 84.0 cm³/mol. The van der Waals surface area contributed by atoms with Gasteiger partial charge in [0, 0.05) is 39.4 Å². The van der Waals surface area contributed by atoms with Crippen LogP contribution in [0.15, 0.2) is 23.8 Å². The summed E-state index contributed by atoms with van der Waals surface area (Å²) in [5, 5.41) is 0. The molecule has 1 aromatic rings. The fraction of sp³-hybridized carbons (Fsp3) is 0.375. The third-order valence-corrected chi connectivity index (χ3v) is 3.26. The van der Waals surface area contributed by atoms with E-state index >= 15 is 0 Å². The number of carbonyl (C=O) groups is 2. The van der Waals surface area contributed by atoms with Crippen molar-refractivity contribution in [1.82, 2.24) is 4.90 Å². The first-order valence-corrected chi connectivity index (χ1v) is 7.04. The number of fused-ring (bicyclic) bond motifs is 1. The van der Waals surface area contributed by atoms with Crippen molar-refractivity contribution in [2.75, 3.05) is 39.2 Å². The fourth-order valence-corrected chi connectivity index (χ4v) is 2.15. The number of carbonyl (C=O) groups excluding carboxylic acids is 2. The Hall–Kier alpha value is -2.50. The van der Waals surface area contributed by atoms with Gasteiger partial charge in [0.25, 0.3) is 0 Å². The normalized spacial score (nSPS) is 13.1. The van der Waals surface area contributed by atoms with E-state index in [4.69, 9.17) is 9.47 Å². The molecule has 0 fully saturated rings. The van der Waals surface area contributed by atoms with Gasteiger partial charge in [-0.3, -0.25) is 0 Å². The van der Waals surface area contributed by atoms with Crippen molar-refractivity contribution in [2.24, 2.45) is 0 Å². The number of hydrogen-bond donors (Lipinski definition) is 0. The molecule has 1 aromatic carbocycles. The van der Waals surface area contributed by atoms with Crippen LogP contribution in [0, 0.1) is 0 Å². The molecule has 0 saturated heterocycles. The number of esters is 1. The van der Waals surface area contributed by atoms with Gasteiger partial charge in [-0.2, -0.15) is 0 Å². The molecule has 1 aliphatic heterocycles. The molecule has 1 heterocycles. The number of nitrogens with zero attached hydrogens (tertiary/aromatic N) is 2. The number of ether oxygens (including phenoxy) is 2. The zero-order chi connectivity index (χ0) is 16.3. The van der Waals surface area contributed by atoms with Gasteiger partial charge in [-0.15, -0.1) is 0 Å². The van der Waals surface area contributed by atoms with Gasteiger partial charge in [-0.1, -0.05) is 0 Å². The standard InChI is InChI=1S/C16H20N2O4/c1-5-21-15(19)12-8-11-6-7-13(22-16(20)17(2)3)9-14(11)18(4)10-12/h6-9H,5,10H2,1-4H3. The van der Waals surface area contributed by atoms with Crippen molar-refractivity contribution in [3.05, 3.63) is 29.3 Å². The van der Waals surface area contributed by atoms with Crippen molar-refractivity contribution in [3.8, 4) is 5.75 Å². The monoisotopic (exact) mass is 304 g/mol. The molecular formula is C16H20N2O4. The van der Waals surface area contributed by atoms with Crippen molar-refractivity contribution in [1.29, 1.82) is 0 Å². The van der Waals surface area contributed by atoms with Gasteiger partial charge in [0.15, 0.2) is 0 Å². The number of amides is 1. The highest BCUT2D eigenvalue weighted by molar-refractivity contribution is 5.97. The molecule has 2 rings (SSSR count). The van der Waals surface area contributed by atoms with Crippen LogP contribution < -0.4 is 9.64 Å². The topological polar surface area (TPSA) is 59.1 Å². The zero-order valence-electron chi connectivity index (χ0n) is 13.3. The summed E-state index contributed by atoms with van der Waals surface area (Å²) in [6, 6.07) is 5.32. The molecule has 0 bridgehead atoms. The maximum absolute atomic E-state index is 11.8. The Morgan fingerprint density at radius 1 is 1.32 bits per heavy atom. The van der Waals surface area contributed by atoms with Gasteiger partial charge < -0.3 is 19.3 Å². The minimum absolute atomic E-state index is 0.303. The van der Waals surface area contributed by atoms with Crippen molar-refractivity contribution >= 4 is 23.8 Å². The highest BCUT2D eigenvalue weighted by Gasteiger charge is 2.21. The van der Waals surface area contributed by atoms with Crippen LogP contribution in [0.25, 0.3) is 6.08 Å². The Kier molecular flexibility index (Phi) is 4.70. The number of anilines is 1. The van der Waals surface area contributed by atoms with Crippen LogP contribution in [0.5, 0.6) is 5.75 Å². The summed E-state index contributed by atoms with van der Waals surface area (Å²) < 4.78 is 10.3. The smallest absolute Gasteiger partial charge is 0.414 e. The number of rotatable bonds is 3. The Balaban J connectivity index is 2.26. The molecule has 0 saturated carbocycles. The van der Waals surface area contributed by atoms with Crippen molar-refractivity contribution < 1.29 is 19.1 Å². The van der Waals surface area contributed by atoms with Gasteiger partial charge in [0.05, 0.1) is 12.2 Å². The molecule has 1 amide bonds. The zero-order valence-corrected chi connectivity index (χ0v) is 13.3. The lowest BCUT2D eigenvalue weighted by Crippen LogP contribution is -2.28. The second kappa shape index (κ2) is 6.51. The Morgan fingerprint density at radius 3 is 2.68 bits per heavy atom. The summed E-state index contributed by atoms with van der Waals surface area (Å²) in [6.07, 6.45) is 1.38. The molecule has 0 unspecified atom stereocenters. The van der Waals surface area contributed by atoms with E-state index in [0.29, 0.717) is 24.5 Å². The summed E-state index contributed by atoms with van der Waals surface area (Å²) >= 11 is 0. The fourth-order valence-electron chi connectivity index (χ4n) is 2.15. The Labute approximate surface area is 129 Å². The highest BCUT2D eigenvalue weighted by atomic mass is 16.6. The maximum Gasteiger partial charge on any atom is 0.414 e. The van der Waals surface area contributed by atoms with E-state index in [0.717, 1.165) is 11.3 Å². The predicted octanol–water partition coefficient (Wildman–Crippen LogP) is 2.14. The van der Waals surface area contributed by atoms with Gasteiger partial charge >= 0.3 is 12.1 Å². The van der Waals surface area contributed by atoms with Crippen LogP contribution in [0.1, 0.15) is 12.5 Å². The van der Waals surface area contributed by atoms with Crippen molar-refractivity contribution in [2.45, 2.75) is 6.92 Å². The van der Waals surface area contributed by atoms with E-state index in [2.05, 4.69) is 0 Å². The largest absolute Gasteiger partial charge is 0.463 e. The molecule has 1 aliphatic rings. The lowest BCUT2D eigenvalue weighted by molar-refractivity contribution is -0.138. The molecule has 0 atom stereocenters. The maximum atomic E-state index is 11.8. The summed E-state index contributed by atoms with van der Waals surface area (Å²) in [7, 11) is 5.13.